The van der Waals surface area contributed by atoms with Gasteiger partial charge in [-0.25, -0.2) is 4.39 Å². The molecule has 0 saturated heterocycles. The van der Waals surface area contributed by atoms with Crippen LogP contribution >= 0.6 is 0 Å². The van der Waals surface area contributed by atoms with Gasteiger partial charge in [-0.3, -0.25) is 9.98 Å². The monoisotopic (exact) mass is 272 g/mol. The first-order valence-corrected chi connectivity index (χ1v) is 6.37. The number of hydrogen-bond acceptors (Lipinski definition) is 2. The second-order valence-electron chi connectivity index (χ2n) is 4.20. The molecule has 2 rings (SSSR count). The molecule has 1 heterocycles. The summed E-state index contributed by atoms with van der Waals surface area (Å²) < 4.78 is 13.4. The fourth-order valence-electron chi connectivity index (χ4n) is 1.72. The Labute approximate surface area is 117 Å². The fourth-order valence-corrected chi connectivity index (χ4v) is 1.72. The Morgan fingerprint density at radius 3 is 2.55 bits per heavy atom. The molecule has 0 radical (unpaired) electrons. The Bertz CT molecular complexity index is 569. The fraction of sp³-hybridized carbons (Fsp3) is 0.200. The number of nitrogens with zero attached hydrogens (tertiary/aromatic N) is 2. The highest BCUT2D eigenvalue weighted by Gasteiger charge is 2.03. The van der Waals surface area contributed by atoms with Crippen molar-refractivity contribution in [1.82, 2.24) is 15.6 Å². The van der Waals surface area contributed by atoms with E-state index in [1.165, 1.54) is 6.07 Å². The van der Waals surface area contributed by atoms with Gasteiger partial charge in [0.2, 0.25) is 0 Å². The Morgan fingerprint density at radius 1 is 1.10 bits per heavy atom. The van der Waals surface area contributed by atoms with Gasteiger partial charge in [0.1, 0.15) is 5.82 Å². The van der Waals surface area contributed by atoms with Crippen molar-refractivity contribution in [3.05, 3.63) is 65.7 Å². The van der Waals surface area contributed by atoms with E-state index in [-0.39, 0.29) is 5.82 Å². The molecule has 0 aliphatic heterocycles. The predicted octanol–water partition coefficient (Wildman–Crippen LogP) is 2.09. The third-order valence-corrected chi connectivity index (χ3v) is 2.78. The van der Waals surface area contributed by atoms with Crippen LogP contribution in [0.1, 0.15) is 11.3 Å². The van der Waals surface area contributed by atoms with Gasteiger partial charge in [0.15, 0.2) is 5.96 Å². The van der Waals surface area contributed by atoms with Crippen LogP contribution in [0.3, 0.4) is 0 Å². The van der Waals surface area contributed by atoms with Gasteiger partial charge in [-0.2, -0.15) is 0 Å². The second-order valence-corrected chi connectivity index (χ2v) is 4.20. The van der Waals surface area contributed by atoms with Gasteiger partial charge in [-0.05, 0) is 17.7 Å². The zero-order valence-corrected chi connectivity index (χ0v) is 11.3. The van der Waals surface area contributed by atoms with Crippen molar-refractivity contribution in [2.45, 2.75) is 13.1 Å². The Hall–Kier alpha value is -2.43. The number of rotatable bonds is 4. The number of aromatic nitrogens is 1. The van der Waals surface area contributed by atoms with Crippen LogP contribution in [-0.2, 0) is 13.1 Å². The number of pyridine rings is 1. The standard InChI is InChI=1S/C15H17FN4/c1-17-15(19-10-12-6-3-2-4-7-12)20-11-14-13(16)8-5-9-18-14/h2-9H,10-11H2,1H3,(H2,17,19,20). The maximum absolute atomic E-state index is 13.4. The lowest BCUT2D eigenvalue weighted by atomic mass is 10.2. The molecule has 0 amide bonds. The molecule has 20 heavy (non-hydrogen) atoms. The summed E-state index contributed by atoms with van der Waals surface area (Å²) >= 11 is 0. The number of benzene rings is 1. The Morgan fingerprint density at radius 2 is 1.85 bits per heavy atom. The van der Waals surface area contributed by atoms with Gasteiger partial charge >= 0.3 is 0 Å². The summed E-state index contributed by atoms with van der Waals surface area (Å²) in [6, 6.07) is 13.0. The van der Waals surface area contributed by atoms with Crippen molar-refractivity contribution < 1.29 is 4.39 Å². The molecular formula is C15H17FN4. The SMILES string of the molecule is CN=C(NCc1ccccc1)NCc1ncccc1F. The highest BCUT2D eigenvalue weighted by Crippen LogP contribution is 2.01. The van der Waals surface area contributed by atoms with Crippen LogP contribution in [0.15, 0.2) is 53.7 Å². The van der Waals surface area contributed by atoms with Gasteiger partial charge < -0.3 is 10.6 Å². The molecule has 0 unspecified atom stereocenters. The number of hydrogen-bond donors (Lipinski definition) is 2. The van der Waals surface area contributed by atoms with E-state index < -0.39 is 0 Å². The van der Waals surface area contributed by atoms with E-state index in [4.69, 9.17) is 0 Å². The first kappa shape index (κ1) is 14.0. The van der Waals surface area contributed by atoms with Gasteiger partial charge in [0.25, 0.3) is 0 Å². The number of aliphatic imine (C=N–C) groups is 1. The molecule has 2 N–H and O–H groups in total. The zero-order chi connectivity index (χ0) is 14.2. The summed E-state index contributed by atoms with van der Waals surface area (Å²) in [5, 5.41) is 6.20. The van der Waals surface area contributed by atoms with Gasteiger partial charge in [0, 0.05) is 19.8 Å². The number of guanidine groups is 1. The lowest BCUT2D eigenvalue weighted by Crippen LogP contribution is -2.36. The first-order valence-electron chi connectivity index (χ1n) is 6.37. The average Bonchev–Trinajstić information content (AvgIpc) is 2.50. The number of halogens is 1. The molecule has 1 aromatic heterocycles. The molecule has 104 valence electrons. The quantitative estimate of drug-likeness (QED) is 0.662. The molecule has 0 fully saturated rings. The van der Waals surface area contributed by atoms with Crippen molar-refractivity contribution in [2.24, 2.45) is 4.99 Å². The molecule has 1 aromatic carbocycles. The minimum atomic E-state index is -0.321. The number of nitrogens with one attached hydrogen (secondary N) is 2. The Balaban J connectivity index is 1.86. The van der Waals surface area contributed by atoms with E-state index in [1.807, 2.05) is 30.3 Å². The summed E-state index contributed by atoms with van der Waals surface area (Å²) in [6.07, 6.45) is 1.57. The lowest BCUT2D eigenvalue weighted by Gasteiger charge is -2.11. The smallest absolute Gasteiger partial charge is 0.191 e. The molecule has 0 aliphatic rings. The van der Waals surface area contributed by atoms with Crippen LogP contribution in [0, 0.1) is 5.82 Å². The van der Waals surface area contributed by atoms with Crippen LogP contribution in [-0.4, -0.2) is 18.0 Å². The highest BCUT2D eigenvalue weighted by molar-refractivity contribution is 5.79. The summed E-state index contributed by atoms with van der Waals surface area (Å²) in [6.45, 7) is 0.951. The maximum atomic E-state index is 13.4. The summed E-state index contributed by atoms with van der Waals surface area (Å²) in [5.74, 6) is 0.289. The van der Waals surface area contributed by atoms with Gasteiger partial charge in [0.05, 0.1) is 12.2 Å². The maximum Gasteiger partial charge on any atom is 0.191 e. The summed E-state index contributed by atoms with van der Waals surface area (Å²) in [5.41, 5.74) is 1.52. The summed E-state index contributed by atoms with van der Waals surface area (Å²) in [4.78, 5) is 8.07. The van der Waals surface area contributed by atoms with E-state index in [1.54, 1.807) is 19.3 Å². The predicted molar refractivity (Wildman–Crippen MR) is 77.7 cm³/mol. The van der Waals surface area contributed by atoms with E-state index in [2.05, 4.69) is 20.6 Å². The van der Waals surface area contributed by atoms with Crippen molar-refractivity contribution in [3.8, 4) is 0 Å². The van der Waals surface area contributed by atoms with Crippen molar-refractivity contribution in [2.75, 3.05) is 7.05 Å². The molecule has 0 aliphatic carbocycles. The lowest BCUT2D eigenvalue weighted by molar-refractivity contribution is 0.592. The topological polar surface area (TPSA) is 49.3 Å². The molecule has 0 atom stereocenters. The summed E-state index contributed by atoms with van der Waals surface area (Å²) in [7, 11) is 1.68. The normalized spacial score (nSPS) is 11.2. The van der Waals surface area contributed by atoms with Crippen LogP contribution in [0.4, 0.5) is 4.39 Å². The highest BCUT2D eigenvalue weighted by atomic mass is 19.1. The minimum absolute atomic E-state index is 0.293. The van der Waals surface area contributed by atoms with Crippen LogP contribution in [0.2, 0.25) is 0 Å². The molecule has 2 aromatic rings. The first-order chi connectivity index (χ1) is 9.79. The molecule has 0 saturated carbocycles. The van der Waals surface area contributed by atoms with Crippen LogP contribution < -0.4 is 10.6 Å². The molecule has 5 heteroatoms. The van der Waals surface area contributed by atoms with Gasteiger partial charge in [-0.1, -0.05) is 30.3 Å². The van der Waals surface area contributed by atoms with Crippen molar-refractivity contribution in [1.29, 1.82) is 0 Å². The molecular weight excluding hydrogens is 255 g/mol. The van der Waals surface area contributed by atoms with Crippen molar-refractivity contribution >= 4 is 5.96 Å². The zero-order valence-electron chi connectivity index (χ0n) is 11.3. The minimum Gasteiger partial charge on any atom is -0.352 e. The van der Waals surface area contributed by atoms with Gasteiger partial charge in [-0.15, -0.1) is 0 Å². The van der Waals surface area contributed by atoms with E-state index in [0.29, 0.717) is 24.7 Å². The van der Waals surface area contributed by atoms with E-state index >= 15 is 0 Å². The molecule has 0 bridgehead atoms. The molecule has 4 nitrogen and oxygen atoms in total. The Kier molecular flexibility index (Phi) is 5.06. The third-order valence-electron chi connectivity index (χ3n) is 2.78. The largest absolute Gasteiger partial charge is 0.352 e. The van der Waals surface area contributed by atoms with Crippen LogP contribution in [0.25, 0.3) is 0 Å². The average molecular weight is 272 g/mol. The van der Waals surface area contributed by atoms with Crippen LogP contribution in [0.5, 0.6) is 0 Å². The molecule has 0 spiro atoms. The van der Waals surface area contributed by atoms with E-state index in [9.17, 15) is 4.39 Å². The van der Waals surface area contributed by atoms with Crippen molar-refractivity contribution in [3.63, 3.8) is 0 Å². The third kappa shape index (κ3) is 4.05. The van der Waals surface area contributed by atoms with E-state index in [0.717, 1.165) is 5.56 Å². The second kappa shape index (κ2) is 7.23.